The van der Waals surface area contributed by atoms with Crippen molar-refractivity contribution >= 4 is 12.0 Å². The van der Waals surface area contributed by atoms with E-state index in [-0.39, 0.29) is 18.1 Å². The fourth-order valence-corrected chi connectivity index (χ4v) is 1.95. The van der Waals surface area contributed by atoms with Crippen molar-refractivity contribution in [2.75, 3.05) is 13.7 Å². The Morgan fingerprint density at radius 3 is 2.52 bits per heavy atom. The predicted octanol–water partition coefficient (Wildman–Crippen LogP) is 3.24. The summed E-state index contributed by atoms with van der Waals surface area (Å²) in [7, 11) is 1.41. The van der Waals surface area contributed by atoms with Crippen molar-refractivity contribution in [2.24, 2.45) is 0 Å². The zero-order valence-corrected chi connectivity index (χ0v) is 13.8. The highest BCUT2D eigenvalue weighted by atomic mass is 16.6. The number of methoxy groups -OCH3 is 1. The van der Waals surface area contributed by atoms with Crippen molar-refractivity contribution in [2.45, 2.75) is 6.92 Å². The number of rotatable bonds is 7. The van der Waals surface area contributed by atoms with E-state index in [1.807, 2.05) is 19.1 Å². The normalized spacial score (nSPS) is 10.5. The minimum absolute atomic E-state index is 0.207. The van der Waals surface area contributed by atoms with Crippen molar-refractivity contribution in [3.63, 3.8) is 0 Å². The van der Waals surface area contributed by atoms with Crippen LogP contribution in [0.3, 0.4) is 0 Å². The van der Waals surface area contributed by atoms with Gasteiger partial charge in [-0.1, -0.05) is 23.8 Å². The van der Waals surface area contributed by atoms with Crippen LogP contribution in [0.25, 0.3) is 6.08 Å². The summed E-state index contributed by atoms with van der Waals surface area (Å²) in [5.41, 5.74) is 1.63. The summed E-state index contributed by atoms with van der Waals surface area (Å²) in [6.45, 7) is 1.70. The van der Waals surface area contributed by atoms with E-state index in [2.05, 4.69) is 0 Å². The Bertz CT molecular complexity index is 783. The Morgan fingerprint density at radius 2 is 1.88 bits per heavy atom. The zero-order chi connectivity index (χ0) is 18.2. The maximum Gasteiger partial charge on any atom is 0.349 e. The van der Waals surface area contributed by atoms with Crippen LogP contribution >= 0.6 is 0 Å². The Morgan fingerprint density at radius 1 is 1.16 bits per heavy atom. The minimum atomic E-state index is -0.590. The van der Waals surface area contributed by atoms with Gasteiger partial charge in [0, 0.05) is 6.08 Å². The van der Waals surface area contributed by atoms with Crippen LogP contribution in [-0.4, -0.2) is 24.6 Å². The van der Waals surface area contributed by atoms with Gasteiger partial charge in [-0.25, -0.2) is 4.79 Å². The second kappa shape index (κ2) is 8.49. The average molecular weight is 343 g/mol. The molecule has 0 aromatic heterocycles. The fraction of sp³-hybridized carbons (Fsp3) is 0.167. The number of hydrogen-bond acceptors (Lipinski definition) is 6. The van der Waals surface area contributed by atoms with E-state index < -0.39 is 10.9 Å². The molecule has 0 radical (unpaired) electrons. The lowest BCUT2D eigenvalue weighted by atomic mass is 10.2. The Labute approximate surface area is 144 Å². The summed E-state index contributed by atoms with van der Waals surface area (Å²) < 4.78 is 15.7. The van der Waals surface area contributed by atoms with Gasteiger partial charge in [0.25, 0.3) is 0 Å². The van der Waals surface area contributed by atoms with Gasteiger partial charge in [0.2, 0.25) is 6.20 Å². The summed E-state index contributed by atoms with van der Waals surface area (Å²) in [5.74, 6) is 0.467. The Balaban J connectivity index is 1.99. The summed E-state index contributed by atoms with van der Waals surface area (Å²) in [5, 5.41) is 10.4. The molecule has 2 aromatic rings. The highest BCUT2D eigenvalue weighted by molar-refractivity contribution is 5.75. The lowest BCUT2D eigenvalue weighted by Crippen LogP contribution is -2.18. The number of nitro groups is 1. The number of hydrogen-bond donors (Lipinski definition) is 0. The largest absolute Gasteiger partial charge is 0.493 e. The lowest BCUT2D eigenvalue weighted by Gasteiger charge is -2.10. The first-order chi connectivity index (χ1) is 12.0. The highest BCUT2D eigenvalue weighted by Gasteiger charge is 2.11. The molecule has 0 aliphatic carbocycles. The molecule has 0 spiro atoms. The van der Waals surface area contributed by atoms with Gasteiger partial charge in [0.1, 0.15) is 5.75 Å². The van der Waals surface area contributed by atoms with Gasteiger partial charge in [-0.15, -0.1) is 0 Å². The standard InChI is InChI=1S/C18H17NO6/c1-13-3-6-15(7-4-13)24-12-18(20)25-16-8-5-14(9-10-19(21)22)11-17(16)23-2/h3-11H,12H2,1-2H3/b10-9+. The molecule has 0 bridgehead atoms. The molecule has 0 aliphatic heterocycles. The minimum Gasteiger partial charge on any atom is -0.493 e. The van der Waals surface area contributed by atoms with E-state index >= 15 is 0 Å². The monoisotopic (exact) mass is 343 g/mol. The quantitative estimate of drug-likeness (QED) is 0.332. The molecule has 130 valence electrons. The molecule has 2 rings (SSSR count). The molecule has 25 heavy (non-hydrogen) atoms. The molecule has 7 nitrogen and oxygen atoms in total. The highest BCUT2D eigenvalue weighted by Crippen LogP contribution is 2.28. The molecule has 2 aromatic carbocycles. The molecule has 0 atom stereocenters. The summed E-state index contributed by atoms with van der Waals surface area (Å²) in [4.78, 5) is 21.7. The van der Waals surface area contributed by atoms with Gasteiger partial charge in [-0.3, -0.25) is 10.1 Å². The molecule has 0 saturated heterocycles. The van der Waals surface area contributed by atoms with E-state index in [0.29, 0.717) is 11.3 Å². The van der Waals surface area contributed by atoms with E-state index in [4.69, 9.17) is 14.2 Å². The molecule has 0 N–H and O–H groups in total. The van der Waals surface area contributed by atoms with Crippen molar-refractivity contribution in [1.29, 1.82) is 0 Å². The van der Waals surface area contributed by atoms with E-state index in [9.17, 15) is 14.9 Å². The molecule has 0 aliphatic rings. The van der Waals surface area contributed by atoms with E-state index in [0.717, 1.165) is 11.8 Å². The lowest BCUT2D eigenvalue weighted by molar-refractivity contribution is -0.400. The number of esters is 1. The summed E-state index contributed by atoms with van der Waals surface area (Å²) in [6.07, 6.45) is 2.13. The van der Waals surface area contributed by atoms with Crippen LogP contribution in [0.1, 0.15) is 11.1 Å². The topological polar surface area (TPSA) is 87.9 Å². The third kappa shape index (κ3) is 5.65. The van der Waals surface area contributed by atoms with Gasteiger partial charge < -0.3 is 14.2 Å². The first-order valence-corrected chi connectivity index (χ1v) is 7.38. The van der Waals surface area contributed by atoms with Crippen LogP contribution in [-0.2, 0) is 4.79 Å². The zero-order valence-electron chi connectivity index (χ0n) is 13.8. The van der Waals surface area contributed by atoms with Gasteiger partial charge in [-0.2, -0.15) is 0 Å². The number of aryl methyl sites for hydroxylation is 1. The van der Waals surface area contributed by atoms with Gasteiger partial charge in [-0.05, 0) is 36.8 Å². The second-order valence-electron chi connectivity index (χ2n) is 5.09. The van der Waals surface area contributed by atoms with Crippen LogP contribution in [0.2, 0.25) is 0 Å². The predicted molar refractivity (Wildman–Crippen MR) is 91.3 cm³/mol. The third-order valence-electron chi connectivity index (χ3n) is 3.18. The number of benzene rings is 2. The van der Waals surface area contributed by atoms with Crippen LogP contribution in [0.15, 0.2) is 48.7 Å². The van der Waals surface area contributed by atoms with Gasteiger partial charge in [0.05, 0.1) is 12.0 Å². The summed E-state index contributed by atoms with van der Waals surface area (Å²) in [6, 6.07) is 11.9. The molecule has 0 unspecified atom stereocenters. The smallest absolute Gasteiger partial charge is 0.349 e. The van der Waals surface area contributed by atoms with Crippen molar-refractivity contribution in [3.8, 4) is 17.2 Å². The van der Waals surface area contributed by atoms with Crippen molar-refractivity contribution < 1.29 is 23.9 Å². The van der Waals surface area contributed by atoms with Crippen LogP contribution < -0.4 is 14.2 Å². The van der Waals surface area contributed by atoms with Crippen molar-refractivity contribution in [1.82, 2.24) is 0 Å². The van der Waals surface area contributed by atoms with E-state index in [1.54, 1.807) is 18.2 Å². The third-order valence-corrected chi connectivity index (χ3v) is 3.18. The van der Waals surface area contributed by atoms with Crippen LogP contribution in [0.4, 0.5) is 0 Å². The summed E-state index contributed by atoms with van der Waals surface area (Å²) >= 11 is 0. The van der Waals surface area contributed by atoms with E-state index in [1.165, 1.54) is 25.3 Å². The molecule has 7 heteroatoms. The molecule has 0 fully saturated rings. The molecule has 0 amide bonds. The maximum absolute atomic E-state index is 11.9. The molecular weight excluding hydrogens is 326 g/mol. The second-order valence-corrected chi connectivity index (χ2v) is 5.09. The van der Waals surface area contributed by atoms with Crippen LogP contribution in [0.5, 0.6) is 17.2 Å². The Hall–Kier alpha value is -3.35. The SMILES string of the molecule is COc1cc(/C=C/[N+](=O)[O-])ccc1OC(=O)COc1ccc(C)cc1. The molecule has 0 saturated carbocycles. The van der Waals surface area contributed by atoms with Gasteiger partial charge in [0.15, 0.2) is 18.1 Å². The van der Waals surface area contributed by atoms with Gasteiger partial charge >= 0.3 is 5.97 Å². The van der Waals surface area contributed by atoms with Crippen LogP contribution in [0, 0.1) is 17.0 Å². The number of nitrogens with zero attached hydrogens (tertiary/aromatic N) is 1. The maximum atomic E-state index is 11.9. The fourth-order valence-electron chi connectivity index (χ4n) is 1.95. The average Bonchev–Trinajstić information content (AvgIpc) is 2.60. The number of carbonyl (C=O) groups excluding carboxylic acids is 1. The number of carbonyl (C=O) groups is 1. The molecule has 0 heterocycles. The molecular formula is C18H17NO6. The first kappa shape index (κ1) is 18.0. The van der Waals surface area contributed by atoms with Crippen molar-refractivity contribution in [3.05, 3.63) is 69.9 Å². The first-order valence-electron chi connectivity index (χ1n) is 7.38. The number of ether oxygens (including phenoxy) is 3. The Kier molecular flexibility index (Phi) is 6.11.